The molecule has 0 saturated carbocycles. The van der Waals surface area contributed by atoms with Crippen molar-refractivity contribution in [2.45, 2.75) is 6.92 Å². The summed E-state index contributed by atoms with van der Waals surface area (Å²) < 4.78 is 5.33. The molecule has 136 valence electrons. The fraction of sp³-hybridized carbons (Fsp3) is 0.294. The third-order valence-corrected chi connectivity index (χ3v) is 5.03. The molecule has 2 N–H and O–H groups in total. The smallest absolute Gasteiger partial charge is 0.335 e. The predicted molar refractivity (Wildman–Crippen MR) is 98.3 cm³/mol. The molecule has 0 radical (unpaired) electrons. The number of morpholine rings is 1. The van der Waals surface area contributed by atoms with Gasteiger partial charge in [-0.05, 0) is 24.6 Å². The number of benzene rings is 1. The summed E-state index contributed by atoms with van der Waals surface area (Å²) in [4.78, 5) is 30.2. The van der Waals surface area contributed by atoms with E-state index in [9.17, 15) is 9.59 Å². The number of ether oxygens (including phenoxy) is 1. The first-order chi connectivity index (χ1) is 12.5. The second kappa shape index (κ2) is 8.07. The van der Waals surface area contributed by atoms with E-state index in [0.29, 0.717) is 29.3 Å². The highest BCUT2D eigenvalue weighted by molar-refractivity contribution is 7.17. The number of carbonyl (C=O) groups excluding carboxylic acids is 1. The standard InChI is InChI=1S/C17H18N4O4S/c1-11-14(26-17(19-11)21-6-8-25-9-7-21)15(22)20-18-10-12-2-4-13(5-3-12)16(23)24/h2-5,10H,6-9H2,1H3,(H,20,22)(H,23,24)/b18-10+. The number of carboxylic acids is 1. The first-order valence-electron chi connectivity index (χ1n) is 8.01. The maximum atomic E-state index is 12.3. The van der Waals surface area contributed by atoms with Gasteiger partial charge in [-0.1, -0.05) is 23.5 Å². The molecular formula is C17H18N4O4S. The predicted octanol–water partition coefficient (Wildman–Crippen LogP) is 1.75. The molecule has 0 bridgehead atoms. The topological polar surface area (TPSA) is 104 Å². The second-order valence-corrected chi connectivity index (χ2v) is 6.61. The van der Waals surface area contributed by atoms with Crippen molar-refractivity contribution in [3.8, 4) is 0 Å². The highest BCUT2D eigenvalue weighted by Gasteiger charge is 2.20. The van der Waals surface area contributed by atoms with E-state index in [2.05, 4.69) is 20.4 Å². The third-order valence-electron chi connectivity index (χ3n) is 3.81. The number of nitrogens with one attached hydrogen (secondary N) is 1. The van der Waals surface area contributed by atoms with Gasteiger partial charge >= 0.3 is 5.97 Å². The van der Waals surface area contributed by atoms with Crippen LogP contribution >= 0.6 is 11.3 Å². The number of rotatable bonds is 5. The molecule has 2 heterocycles. The number of anilines is 1. The number of aryl methyl sites for hydroxylation is 1. The van der Waals surface area contributed by atoms with Crippen LogP contribution in [0.4, 0.5) is 5.13 Å². The number of aromatic carboxylic acids is 1. The van der Waals surface area contributed by atoms with E-state index in [1.165, 1.54) is 29.7 Å². The van der Waals surface area contributed by atoms with Crippen LogP contribution in [-0.4, -0.2) is 54.5 Å². The Labute approximate surface area is 154 Å². The Hall–Kier alpha value is -2.78. The lowest BCUT2D eigenvalue weighted by molar-refractivity contribution is 0.0696. The molecule has 1 aliphatic heterocycles. The zero-order valence-corrected chi connectivity index (χ0v) is 15.0. The van der Waals surface area contributed by atoms with Crippen molar-refractivity contribution >= 4 is 34.6 Å². The van der Waals surface area contributed by atoms with Gasteiger partial charge in [0.2, 0.25) is 0 Å². The third kappa shape index (κ3) is 4.24. The summed E-state index contributed by atoms with van der Waals surface area (Å²) in [6, 6.07) is 6.20. The highest BCUT2D eigenvalue weighted by atomic mass is 32.1. The summed E-state index contributed by atoms with van der Waals surface area (Å²) in [6.45, 7) is 4.64. The summed E-state index contributed by atoms with van der Waals surface area (Å²) in [6.07, 6.45) is 1.46. The van der Waals surface area contributed by atoms with Gasteiger partial charge in [0.15, 0.2) is 5.13 Å². The average molecular weight is 374 g/mol. The lowest BCUT2D eigenvalue weighted by Crippen LogP contribution is -2.36. The molecule has 0 aliphatic carbocycles. The van der Waals surface area contributed by atoms with Crippen LogP contribution in [-0.2, 0) is 4.74 Å². The van der Waals surface area contributed by atoms with Gasteiger partial charge in [0.25, 0.3) is 5.91 Å². The summed E-state index contributed by atoms with van der Waals surface area (Å²) in [5.41, 5.74) is 4.03. The number of hydrogen-bond donors (Lipinski definition) is 2. The minimum Gasteiger partial charge on any atom is -0.478 e. The minimum absolute atomic E-state index is 0.196. The van der Waals surface area contributed by atoms with Crippen LogP contribution in [0.1, 0.15) is 31.3 Å². The van der Waals surface area contributed by atoms with Crippen molar-refractivity contribution in [1.29, 1.82) is 0 Å². The summed E-state index contributed by atoms with van der Waals surface area (Å²) in [5, 5.41) is 13.6. The monoisotopic (exact) mass is 374 g/mol. The molecule has 8 nitrogen and oxygen atoms in total. The molecule has 1 amide bonds. The zero-order valence-electron chi connectivity index (χ0n) is 14.1. The number of carbonyl (C=O) groups is 2. The second-order valence-electron chi connectivity index (χ2n) is 5.64. The summed E-state index contributed by atoms with van der Waals surface area (Å²) in [5.74, 6) is -1.31. The van der Waals surface area contributed by atoms with Gasteiger partial charge in [0.05, 0.1) is 30.7 Å². The fourth-order valence-corrected chi connectivity index (χ4v) is 3.42. The van der Waals surface area contributed by atoms with E-state index < -0.39 is 5.97 Å². The summed E-state index contributed by atoms with van der Waals surface area (Å²) in [7, 11) is 0. The first kappa shape index (κ1) is 18.0. The first-order valence-corrected chi connectivity index (χ1v) is 8.83. The van der Waals surface area contributed by atoms with Gasteiger partial charge in [0, 0.05) is 13.1 Å². The molecule has 1 fully saturated rings. The maximum absolute atomic E-state index is 12.3. The molecule has 2 aromatic rings. The Balaban J connectivity index is 1.62. The number of amides is 1. The molecule has 1 aliphatic rings. The number of nitrogens with zero attached hydrogens (tertiary/aromatic N) is 3. The molecular weight excluding hydrogens is 356 g/mol. The number of hydrazone groups is 1. The molecule has 1 aromatic carbocycles. The largest absolute Gasteiger partial charge is 0.478 e. The fourth-order valence-electron chi connectivity index (χ4n) is 2.41. The average Bonchev–Trinajstić information content (AvgIpc) is 3.05. The van der Waals surface area contributed by atoms with Gasteiger partial charge in [-0.15, -0.1) is 0 Å². The molecule has 26 heavy (non-hydrogen) atoms. The van der Waals surface area contributed by atoms with E-state index >= 15 is 0 Å². The van der Waals surface area contributed by atoms with Crippen LogP contribution in [0.15, 0.2) is 29.4 Å². The van der Waals surface area contributed by atoms with Crippen LogP contribution in [0.2, 0.25) is 0 Å². The Kier molecular flexibility index (Phi) is 5.59. The maximum Gasteiger partial charge on any atom is 0.335 e. The SMILES string of the molecule is Cc1nc(N2CCOCC2)sc1C(=O)N/N=C/c1ccc(C(=O)O)cc1. The van der Waals surface area contributed by atoms with Gasteiger partial charge < -0.3 is 14.7 Å². The zero-order chi connectivity index (χ0) is 18.5. The number of carboxylic acid groups (broad SMARTS) is 1. The van der Waals surface area contributed by atoms with Gasteiger partial charge in [-0.2, -0.15) is 5.10 Å². The van der Waals surface area contributed by atoms with Gasteiger partial charge in [-0.25, -0.2) is 15.2 Å². The molecule has 3 rings (SSSR count). The lowest BCUT2D eigenvalue weighted by atomic mass is 10.1. The Bertz CT molecular complexity index is 826. The van der Waals surface area contributed by atoms with Crippen LogP contribution in [0.5, 0.6) is 0 Å². The number of aromatic nitrogens is 1. The molecule has 0 atom stereocenters. The Morgan fingerprint density at radius 1 is 1.31 bits per heavy atom. The molecule has 1 aromatic heterocycles. The van der Waals surface area contributed by atoms with Crippen molar-refractivity contribution in [2.75, 3.05) is 31.2 Å². The van der Waals surface area contributed by atoms with Crippen LogP contribution < -0.4 is 10.3 Å². The van der Waals surface area contributed by atoms with E-state index in [0.717, 1.165) is 18.2 Å². The highest BCUT2D eigenvalue weighted by Crippen LogP contribution is 2.26. The Morgan fingerprint density at radius 3 is 2.65 bits per heavy atom. The van der Waals surface area contributed by atoms with Crippen molar-refractivity contribution in [2.24, 2.45) is 5.10 Å². The van der Waals surface area contributed by atoms with Gasteiger partial charge in [-0.3, -0.25) is 4.79 Å². The molecule has 0 spiro atoms. The minimum atomic E-state index is -0.987. The van der Waals surface area contributed by atoms with Crippen molar-refractivity contribution in [3.63, 3.8) is 0 Å². The number of thiazole rings is 1. The van der Waals surface area contributed by atoms with Crippen molar-refractivity contribution in [3.05, 3.63) is 46.0 Å². The van der Waals surface area contributed by atoms with Crippen molar-refractivity contribution < 1.29 is 19.4 Å². The summed E-state index contributed by atoms with van der Waals surface area (Å²) >= 11 is 1.33. The van der Waals surface area contributed by atoms with E-state index in [1.807, 2.05) is 0 Å². The Morgan fingerprint density at radius 2 is 2.00 bits per heavy atom. The normalized spacial score (nSPS) is 14.6. The van der Waals surface area contributed by atoms with Gasteiger partial charge in [0.1, 0.15) is 4.88 Å². The van der Waals surface area contributed by atoms with Crippen LogP contribution in [0, 0.1) is 6.92 Å². The quantitative estimate of drug-likeness (QED) is 0.610. The van der Waals surface area contributed by atoms with E-state index in [-0.39, 0.29) is 11.5 Å². The molecule has 0 unspecified atom stereocenters. The van der Waals surface area contributed by atoms with E-state index in [1.54, 1.807) is 19.1 Å². The van der Waals surface area contributed by atoms with E-state index in [4.69, 9.17) is 9.84 Å². The van der Waals surface area contributed by atoms with Crippen LogP contribution in [0.3, 0.4) is 0 Å². The van der Waals surface area contributed by atoms with Crippen LogP contribution in [0.25, 0.3) is 0 Å². The molecule has 1 saturated heterocycles. The number of hydrogen-bond acceptors (Lipinski definition) is 7. The molecule has 9 heteroatoms. The van der Waals surface area contributed by atoms with Crippen molar-refractivity contribution in [1.82, 2.24) is 10.4 Å². The lowest BCUT2D eigenvalue weighted by Gasteiger charge is -2.25.